The third-order valence-electron chi connectivity index (χ3n) is 1.72. The van der Waals surface area contributed by atoms with Gasteiger partial charge >= 0.3 is 5.97 Å². The summed E-state index contributed by atoms with van der Waals surface area (Å²) in [6, 6.07) is 0.307. The SMILES string of the molecule is COC(=O)c1cc(F)c(F)c(OCF)c1F. The number of esters is 1. The summed E-state index contributed by atoms with van der Waals surface area (Å²) in [4.78, 5) is 11.0. The monoisotopic (exact) mass is 238 g/mol. The van der Waals surface area contributed by atoms with E-state index < -0.39 is 41.6 Å². The number of hydrogen-bond acceptors (Lipinski definition) is 3. The van der Waals surface area contributed by atoms with E-state index >= 15 is 0 Å². The fraction of sp³-hybridized carbons (Fsp3) is 0.222. The van der Waals surface area contributed by atoms with Gasteiger partial charge in [-0.2, -0.15) is 4.39 Å². The lowest BCUT2D eigenvalue weighted by Gasteiger charge is -2.08. The van der Waals surface area contributed by atoms with E-state index in [4.69, 9.17) is 0 Å². The molecule has 0 saturated heterocycles. The molecule has 7 heteroatoms. The molecule has 0 radical (unpaired) electrons. The van der Waals surface area contributed by atoms with Gasteiger partial charge in [0.15, 0.2) is 17.4 Å². The number of ether oxygens (including phenoxy) is 2. The molecular weight excluding hydrogens is 232 g/mol. The second-order valence-electron chi connectivity index (χ2n) is 2.61. The van der Waals surface area contributed by atoms with Crippen molar-refractivity contribution in [3.63, 3.8) is 0 Å². The zero-order valence-electron chi connectivity index (χ0n) is 8.02. The van der Waals surface area contributed by atoms with Crippen molar-refractivity contribution >= 4 is 5.97 Å². The van der Waals surface area contributed by atoms with Gasteiger partial charge in [-0.25, -0.2) is 18.0 Å². The molecule has 0 unspecified atom stereocenters. The third kappa shape index (κ3) is 2.07. The standard InChI is InChI=1S/C9H6F4O3/c1-15-9(14)4-2-5(11)7(13)8(6(4)12)16-3-10/h2H,3H2,1H3. The van der Waals surface area contributed by atoms with Crippen LogP contribution in [0.4, 0.5) is 17.6 Å². The first-order valence-corrected chi connectivity index (χ1v) is 3.97. The Morgan fingerprint density at radius 1 is 1.31 bits per heavy atom. The van der Waals surface area contributed by atoms with Crippen molar-refractivity contribution in [1.29, 1.82) is 0 Å². The van der Waals surface area contributed by atoms with E-state index in [2.05, 4.69) is 9.47 Å². The summed E-state index contributed by atoms with van der Waals surface area (Å²) in [7, 11) is 0.929. The Morgan fingerprint density at radius 3 is 2.44 bits per heavy atom. The van der Waals surface area contributed by atoms with Crippen molar-refractivity contribution in [3.05, 3.63) is 29.1 Å². The predicted octanol–water partition coefficient (Wildman–Crippen LogP) is 2.20. The zero-order valence-corrected chi connectivity index (χ0v) is 8.02. The number of hydrogen-bond donors (Lipinski definition) is 0. The van der Waals surface area contributed by atoms with Gasteiger partial charge < -0.3 is 9.47 Å². The van der Waals surface area contributed by atoms with Crippen molar-refractivity contribution in [1.82, 2.24) is 0 Å². The maximum atomic E-state index is 13.3. The Hall–Kier alpha value is -1.79. The molecule has 1 rings (SSSR count). The fourth-order valence-electron chi connectivity index (χ4n) is 1.02. The molecule has 0 aliphatic rings. The Morgan fingerprint density at radius 2 is 1.94 bits per heavy atom. The van der Waals surface area contributed by atoms with Crippen molar-refractivity contribution in [2.45, 2.75) is 0 Å². The Bertz CT molecular complexity index is 420. The summed E-state index contributed by atoms with van der Waals surface area (Å²) >= 11 is 0. The van der Waals surface area contributed by atoms with Gasteiger partial charge in [0.25, 0.3) is 0 Å². The first-order valence-electron chi connectivity index (χ1n) is 3.97. The van der Waals surface area contributed by atoms with Crippen LogP contribution < -0.4 is 4.74 Å². The number of carbonyl (C=O) groups is 1. The van der Waals surface area contributed by atoms with E-state index in [-0.39, 0.29) is 0 Å². The van der Waals surface area contributed by atoms with Crippen LogP contribution in [0.3, 0.4) is 0 Å². The maximum absolute atomic E-state index is 13.3. The number of halogens is 4. The molecular formula is C9H6F4O3. The van der Waals surface area contributed by atoms with Crippen LogP contribution in [0.2, 0.25) is 0 Å². The van der Waals surface area contributed by atoms with Gasteiger partial charge in [-0.1, -0.05) is 0 Å². The van der Waals surface area contributed by atoms with Crippen molar-refractivity contribution in [2.75, 3.05) is 14.0 Å². The zero-order chi connectivity index (χ0) is 12.3. The molecule has 0 heterocycles. The van der Waals surface area contributed by atoms with Gasteiger partial charge in [0.2, 0.25) is 12.7 Å². The summed E-state index contributed by atoms with van der Waals surface area (Å²) in [6.45, 7) is -1.56. The highest BCUT2D eigenvalue weighted by atomic mass is 19.2. The number of alkyl halides is 1. The fourth-order valence-corrected chi connectivity index (χ4v) is 1.02. The summed E-state index contributed by atoms with van der Waals surface area (Å²) in [5.41, 5.74) is -0.871. The second-order valence-corrected chi connectivity index (χ2v) is 2.61. The lowest BCUT2D eigenvalue weighted by Crippen LogP contribution is -2.09. The third-order valence-corrected chi connectivity index (χ3v) is 1.72. The van der Waals surface area contributed by atoms with Gasteiger partial charge in [0, 0.05) is 0 Å². The lowest BCUT2D eigenvalue weighted by atomic mass is 10.2. The molecule has 1 aromatic rings. The second kappa shape index (κ2) is 4.82. The highest BCUT2D eigenvalue weighted by Crippen LogP contribution is 2.27. The largest absolute Gasteiger partial charge is 0.465 e. The van der Waals surface area contributed by atoms with Crippen LogP contribution in [0.25, 0.3) is 0 Å². The lowest BCUT2D eigenvalue weighted by molar-refractivity contribution is 0.0592. The van der Waals surface area contributed by atoms with E-state index in [1.165, 1.54) is 0 Å². The summed E-state index contributed by atoms with van der Waals surface area (Å²) in [5.74, 6) is -7.26. The molecule has 0 atom stereocenters. The van der Waals surface area contributed by atoms with Gasteiger partial charge in [-0.3, -0.25) is 0 Å². The highest BCUT2D eigenvalue weighted by Gasteiger charge is 2.24. The molecule has 88 valence electrons. The minimum absolute atomic E-state index is 0.307. The van der Waals surface area contributed by atoms with Crippen LogP contribution in [0.5, 0.6) is 5.75 Å². The molecule has 0 spiro atoms. The topological polar surface area (TPSA) is 35.5 Å². The van der Waals surface area contributed by atoms with Gasteiger partial charge in [-0.05, 0) is 6.07 Å². The van der Waals surface area contributed by atoms with Gasteiger partial charge in [0.05, 0.1) is 7.11 Å². The predicted molar refractivity (Wildman–Crippen MR) is 44.3 cm³/mol. The highest BCUT2D eigenvalue weighted by molar-refractivity contribution is 5.90. The molecule has 3 nitrogen and oxygen atoms in total. The van der Waals surface area contributed by atoms with E-state index in [9.17, 15) is 22.4 Å². The Labute approximate surface area is 87.6 Å². The van der Waals surface area contributed by atoms with Crippen LogP contribution >= 0.6 is 0 Å². The van der Waals surface area contributed by atoms with Crippen LogP contribution in [0, 0.1) is 17.5 Å². The quantitative estimate of drug-likeness (QED) is 0.460. The minimum Gasteiger partial charge on any atom is -0.465 e. The normalized spacial score (nSPS) is 10.1. The van der Waals surface area contributed by atoms with E-state index in [0.717, 1.165) is 7.11 Å². The van der Waals surface area contributed by atoms with Gasteiger partial charge in [0.1, 0.15) is 5.56 Å². The molecule has 1 aromatic carbocycles. The molecule has 0 bridgehead atoms. The van der Waals surface area contributed by atoms with E-state index in [1.807, 2.05) is 0 Å². The summed E-state index contributed by atoms with van der Waals surface area (Å²) < 4.78 is 59.0. The molecule has 0 N–H and O–H groups in total. The van der Waals surface area contributed by atoms with Gasteiger partial charge in [-0.15, -0.1) is 0 Å². The molecule has 0 fully saturated rings. The first kappa shape index (κ1) is 12.3. The van der Waals surface area contributed by atoms with E-state index in [1.54, 1.807) is 0 Å². The average molecular weight is 238 g/mol. The number of methoxy groups -OCH3 is 1. The molecule has 0 aliphatic carbocycles. The van der Waals surface area contributed by atoms with Crippen LogP contribution in [-0.4, -0.2) is 19.9 Å². The van der Waals surface area contributed by atoms with Crippen LogP contribution in [0.15, 0.2) is 6.07 Å². The summed E-state index contributed by atoms with van der Waals surface area (Å²) in [6.07, 6.45) is 0. The van der Waals surface area contributed by atoms with E-state index in [0.29, 0.717) is 6.07 Å². The maximum Gasteiger partial charge on any atom is 0.341 e. The summed E-state index contributed by atoms with van der Waals surface area (Å²) in [5, 5.41) is 0. The Kier molecular flexibility index (Phi) is 3.70. The average Bonchev–Trinajstić information content (AvgIpc) is 2.28. The molecule has 0 amide bonds. The van der Waals surface area contributed by atoms with Crippen molar-refractivity contribution in [3.8, 4) is 5.75 Å². The van der Waals surface area contributed by atoms with Crippen molar-refractivity contribution in [2.24, 2.45) is 0 Å². The molecule has 0 saturated carbocycles. The van der Waals surface area contributed by atoms with Crippen LogP contribution in [0.1, 0.15) is 10.4 Å². The number of benzene rings is 1. The Balaban J connectivity index is 3.37. The van der Waals surface area contributed by atoms with Crippen molar-refractivity contribution < 1.29 is 31.8 Å². The minimum atomic E-state index is -1.71. The molecule has 0 aliphatic heterocycles. The number of rotatable bonds is 3. The smallest absolute Gasteiger partial charge is 0.341 e. The molecule has 0 aromatic heterocycles. The molecule has 16 heavy (non-hydrogen) atoms. The first-order chi connectivity index (χ1) is 7.52. The van der Waals surface area contributed by atoms with Crippen LogP contribution in [-0.2, 0) is 4.74 Å². The number of carbonyl (C=O) groups excluding carboxylic acids is 1.